The van der Waals surface area contributed by atoms with Crippen molar-refractivity contribution in [1.82, 2.24) is 5.32 Å². The molecule has 0 radical (unpaired) electrons. The highest BCUT2D eigenvalue weighted by Gasteiger charge is 2.36. The molecule has 0 heterocycles. The van der Waals surface area contributed by atoms with Crippen LogP contribution in [0.5, 0.6) is 0 Å². The van der Waals surface area contributed by atoms with Gasteiger partial charge in [0.05, 0.1) is 12.1 Å². The van der Waals surface area contributed by atoms with Crippen molar-refractivity contribution in [1.29, 1.82) is 0 Å². The van der Waals surface area contributed by atoms with Crippen LogP contribution in [0.25, 0.3) is 0 Å². The van der Waals surface area contributed by atoms with Crippen molar-refractivity contribution in [3.8, 4) is 0 Å². The first-order valence-corrected chi connectivity index (χ1v) is 7.23. The Balaban J connectivity index is 5.56. The summed E-state index contributed by atoms with van der Waals surface area (Å²) in [4.78, 5) is 11.6. The molecule has 0 aromatic heterocycles. The zero-order valence-corrected chi connectivity index (χ0v) is 13.7. The second-order valence-electron chi connectivity index (χ2n) is 4.74. The number of hydrogen-bond donors (Lipinski definition) is 1. The fourth-order valence-corrected chi connectivity index (χ4v) is 1.61. The van der Waals surface area contributed by atoms with Crippen LogP contribution in [0.2, 0.25) is 0 Å². The molecule has 0 spiro atoms. The number of hydrogen-bond acceptors (Lipinski definition) is 3. The third-order valence-electron chi connectivity index (χ3n) is 2.64. The van der Waals surface area contributed by atoms with Crippen LogP contribution in [0.4, 0.5) is 26.3 Å². The average Bonchev–Trinajstić information content (AvgIpc) is 2.41. The van der Waals surface area contributed by atoms with Gasteiger partial charge in [0, 0.05) is 6.42 Å². The van der Waals surface area contributed by atoms with Crippen LogP contribution in [0.15, 0.2) is 35.8 Å². The SMILES string of the molecule is C=C(OC(F)(F)F)/C(CNC(=O)CCCC)=C(\C=C/C)OC(F)(F)F. The lowest BCUT2D eigenvalue weighted by Gasteiger charge is -2.19. The highest BCUT2D eigenvalue weighted by molar-refractivity contribution is 5.76. The highest BCUT2D eigenvalue weighted by Crippen LogP contribution is 2.29. The van der Waals surface area contributed by atoms with Crippen molar-refractivity contribution in [2.75, 3.05) is 6.54 Å². The lowest BCUT2D eigenvalue weighted by molar-refractivity contribution is -0.307. The van der Waals surface area contributed by atoms with Crippen LogP contribution >= 0.6 is 0 Å². The number of unbranched alkanes of at least 4 members (excludes halogenated alkanes) is 1. The Kier molecular flexibility index (Phi) is 9.14. The Hall–Kier alpha value is -2.13. The van der Waals surface area contributed by atoms with Gasteiger partial charge in [-0.05, 0) is 19.4 Å². The molecule has 4 nitrogen and oxygen atoms in total. The molecular formula is C15H19F6NO3. The molecule has 1 amide bonds. The van der Waals surface area contributed by atoms with E-state index in [1.165, 1.54) is 6.92 Å². The van der Waals surface area contributed by atoms with Crippen LogP contribution in [0.1, 0.15) is 33.1 Å². The van der Waals surface area contributed by atoms with Gasteiger partial charge in [0.15, 0.2) is 0 Å². The summed E-state index contributed by atoms with van der Waals surface area (Å²) in [6.07, 6.45) is -7.09. The van der Waals surface area contributed by atoms with Crippen LogP contribution in [0, 0.1) is 0 Å². The summed E-state index contributed by atoms with van der Waals surface area (Å²) in [6.45, 7) is 5.46. The first-order chi connectivity index (χ1) is 11.4. The molecule has 0 bridgehead atoms. The molecule has 10 heteroatoms. The molecule has 144 valence electrons. The van der Waals surface area contributed by atoms with E-state index in [0.29, 0.717) is 12.8 Å². The number of amides is 1. The third kappa shape index (κ3) is 11.1. The summed E-state index contributed by atoms with van der Waals surface area (Å²) in [5.41, 5.74) is -0.683. The Morgan fingerprint density at radius 2 is 1.68 bits per heavy atom. The first-order valence-electron chi connectivity index (χ1n) is 7.23. The van der Waals surface area contributed by atoms with Crippen LogP contribution in [-0.4, -0.2) is 25.2 Å². The molecule has 0 aliphatic carbocycles. The van der Waals surface area contributed by atoms with Gasteiger partial charge in [0.25, 0.3) is 0 Å². The van der Waals surface area contributed by atoms with E-state index in [2.05, 4.69) is 21.4 Å². The molecule has 0 aliphatic rings. The van der Waals surface area contributed by atoms with Crippen molar-refractivity contribution in [2.45, 2.75) is 45.8 Å². The topological polar surface area (TPSA) is 47.6 Å². The van der Waals surface area contributed by atoms with Gasteiger partial charge in [-0.3, -0.25) is 4.79 Å². The predicted octanol–water partition coefficient (Wildman–Crippen LogP) is 4.71. The minimum Gasteiger partial charge on any atom is -0.406 e. The number of alkyl halides is 6. The van der Waals surface area contributed by atoms with Crippen LogP contribution in [-0.2, 0) is 14.3 Å². The number of allylic oxidation sites excluding steroid dienone is 2. The van der Waals surface area contributed by atoms with Gasteiger partial charge in [-0.2, -0.15) is 0 Å². The van der Waals surface area contributed by atoms with E-state index in [1.807, 2.05) is 6.92 Å². The molecule has 0 atom stereocenters. The van der Waals surface area contributed by atoms with Gasteiger partial charge in [-0.1, -0.05) is 26.0 Å². The summed E-state index contributed by atoms with van der Waals surface area (Å²) in [5, 5.41) is 2.22. The molecule has 25 heavy (non-hydrogen) atoms. The van der Waals surface area contributed by atoms with E-state index >= 15 is 0 Å². The Bertz CT molecular complexity index is 520. The lowest BCUT2D eigenvalue weighted by atomic mass is 10.1. The van der Waals surface area contributed by atoms with Gasteiger partial charge in [0.1, 0.15) is 11.5 Å². The van der Waals surface area contributed by atoms with Crippen molar-refractivity contribution >= 4 is 5.91 Å². The predicted molar refractivity (Wildman–Crippen MR) is 77.8 cm³/mol. The van der Waals surface area contributed by atoms with Gasteiger partial charge in [0.2, 0.25) is 5.91 Å². The summed E-state index contributed by atoms with van der Waals surface area (Å²) < 4.78 is 81.8. The van der Waals surface area contributed by atoms with Gasteiger partial charge in [-0.15, -0.1) is 26.3 Å². The quantitative estimate of drug-likeness (QED) is 0.361. The summed E-state index contributed by atoms with van der Waals surface area (Å²) in [5.74, 6) is -2.60. The molecule has 1 N–H and O–H groups in total. The van der Waals surface area contributed by atoms with Crippen LogP contribution in [0.3, 0.4) is 0 Å². The second-order valence-corrected chi connectivity index (χ2v) is 4.74. The minimum atomic E-state index is -5.16. The number of nitrogens with one attached hydrogen (secondary N) is 1. The zero-order valence-electron chi connectivity index (χ0n) is 13.7. The van der Waals surface area contributed by atoms with E-state index in [-0.39, 0.29) is 6.42 Å². The van der Waals surface area contributed by atoms with Crippen molar-refractivity contribution in [3.63, 3.8) is 0 Å². The summed E-state index contributed by atoms with van der Waals surface area (Å²) >= 11 is 0. The van der Waals surface area contributed by atoms with E-state index in [1.54, 1.807) is 0 Å². The van der Waals surface area contributed by atoms with E-state index in [4.69, 9.17) is 0 Å². The Labute approximate surface area is 141 Å². The second kappa shape index (κ2) is 10.00. The maximum absolute atomic E-state index is 12.5. The van der Waals surface area contributed by atoms with Crippen molar-refractivity contribution in [3.05, 3.63) is 35.8 Å². The monoisotopic (exact) mass is 375 g/mol. The number of rotatable bonds is 9. The first kappa shape index (κ1) is 22.9. The number of carbonyl (C=O) groups excluding carboxylic acids is 1. The number of halogens is 6. The molecular weight excluding hydrogens is 356 g/mol. The zero-order chi connectivity index (χ0) is 19.7. The Morgan fingerprint density at radius 3 is 2.12 bits per heavy atom. The van der Waals surface area contributed by atoms with Crippen LogP contribution < -0.4 is 5.32 Å². The fraction of sp³-hybridized carbons (Fsp3) is 0.533. The lowest BCUT2D eigenvalue weighted by Crippen LogP contribution is -2.28. The van der Waals surface area contributed by atoms with Crippen molar-refractivity contribution in [2.24, 2.45) is 0 Å². The molecule has 0 aliphatic heterocycles. The molecule has 0 aromatic rings. The Morgan fingerprint density at radius 1 is 1.12 bits per heavy atom. The van der Waals surface area contributed by atoms with Gasteiger partial charge in [-0.25, -0.2) is 0 Å². The molecule has 0 aromatic carbocycles. The summed E-state index contributed by atoms with van der Waals surface area (Å²) in [7, 11) is 0. The smallest absolute Gasteiger partial charge is 0.406 e. The fourth-order valence-electron chi connectivity index (χ4n) is 1.61. The summed E-state index contributed by atoms with van der Waals surface area (Å²) in [6, 6.07) is 0. The highest BCUT2D eigenvalue weighted by atomic mass is 19.4. The van der Waals surface area contributed by atoms with E-state index in [0.717, 1.165) is 12.2 Å². The van der Waals surface area contributed by atoms with E-state index in [9.17, 15) is 31.1 Å². The minimum absolute atomic E-state index is 0.0788. The normalized spacial score (nSPS) is 13.4. The molecule has 0 rings (SSSR count). The molecule has 0 unspecified atom stereocenters. The largest absolute Gasteiger partial charge is 0.573 e. The van der Waals surface area contributed by atoms with Gasteiger partial charge >= 0.3 is 12.7 Å². The van der Waals surface area contributed by atoms with Gasteiger partial charge < -0.3 is 14.8 Å². The molecule has 0 saturated carbocycles. The van der Waals surface area contributed by atoms with E-state index < -0.39 is 42.3 Å². The third-order valence-corrected chi connectivity index (χ3v) is 2.64. The maximum Gasteiger partial charge on any atom is 0.573 e. The number of carbonyl (C=O) groups is 1. The van der Waals surface area contributed by atoms with Crippen molar-refractivity contribution < 1.29 is 40.6 Å². The standard InChI is InChI=1S/C15H19F6NO3/c1-4-6-8-13(23)22-9-11(10(3)24-14(16,17)18)12(7-5-2)25-15(19,20)21/h5,7H,3-4,6,8-9H2,1-2H3,(H,22,23)/b7-5-,12-11+. The molecule has 0 saturated heterocycles. The number of ether oxygens (including phenoxy) is 2. The average molecular weight is 375 g/mol. The molecule has 0 fully saturated rings. The maximum atomic E-state index is 12.5.